The van der Waals surface area contributed by atoms with Crippen molar-refractivity contribution in [2.75, 3.05) is 53.5 Å². The van der Waals surface area contributed by atoms with Crippen molar-refractivity contribution < 1.29 is 19.1 Å². The van der Waals surface area contributed by atoms with Crippen molar-refractivity contribution >= 4 is 11.9 Å². The number of nitrogens with zero attached hydrogens (tertiary/aromatic N) is 2. The largest absolute Gasteiger partial charge is 0.462 e. The molecule has 6 nitrogen and oxygen atoms in total. The lowest BCUT2D eigenvalue weighted by Crippen LogP contribution is -2.23. The molecule has 0 heterocycles. The van der Waals surface area contributed by atoms with Gasteiger partial charge in [-0.3, -0.25) is 0 Å². The van der Waals surface area contributed by atoms with Crippen LogP contribution in [0.25, 0.3) is 0 Å². The molecule has 0 aromatic heterocycles. The monoisotopic (exact) mass is 701 g/mol. The number of esters is 2. The Morgan fingerprint density at radius 2 is 0.680 bits per heavy atom. The van der Waals surface area contributed by atoms with Crippen molar-refractivity contribution in [3.63, 3.8) is 0 Å². The highest BCUT2D eigenvalue weighted by molar-refractivity contribution is 6.03. The fourth-order valence-electron chi connectivity index (χ4n) is 6.66. The molecule has 0 N–H and O–H groups in total. The summed E-state index contributed by atoms with van der Waals surface area (Å²) in [7, 11) is 4.28. The normalized spacial score (nSPS) is 11.5. The second kappa shape index (κ2) is 34.2. The molecule has 0 aliphatic rings. The first kappa shape index (κ1) is 46.1. The van der Waals surface area contributed by atoms with Gasteiger partial charge in [-0.05, 0) is 65.0 Å². The number of benzene rings is 1. The average Bonchev–Trinajstić information content (AvgIpc) is 3.12. The molecule has 0 saturated carbocycles. The lowest BCUT2D eigenvalue weighted by Gasteiger charge is -2.17. The van der Waals surface area contributed by atoms with E-state index < -0.39 is 11.9 Å². The van der Waals surface area contributed by atoms with Crippen molar-refractivity contribution in [1.82, 2.24) is 9.80 Å². The lowest BCUT2D eigenvalue weighted by molar-refractivity contribution is 0.0444. The molecule has 1 aromatic rings. The van der Waals surface area contributed by atoms with E-state index in [9.17, 15) is 9.59 Å². The molecule has 290 valence electrons. The van der Waals surface area contributed by atoms with Gasteiger partial charge in [0.2, 0.25) is 0 Å². The van der Waals surface area contributed by atoms with Gasteiger partial charge in [0.15, 0.2) is 0 Å². The first-order valence-corrected chi connectivity index (χ1v) is 21.3. The van der Waals surface area contributed by atoms with E-state index in [2.05, 4.69) is 37.7 Å². The Labute approximate surface area is 309 Å². The summed E-state index contributed by atoms with van der Waals surface area (Å²) in [6.07, 6.45) is 34.3. The number of carbonyl (C=O) groups is 2. The highest BCUT2D eigenvalue weighted by Gasteiger charge is 2.19. The van der Waals surface area contributed by atoms with Crippen LogP contribution in [0, 0.1) is 0 Å². The van der Waals surface area contributed by atoms with Gasteiger partial charge in [0.25, 0.3) is 0 Å². The summed E-state index contributed by atoms with van der Waals surface area (Å²) in [6.45, 7) is 9.18. The molecule has 0 amide bonds. The Bertz CT molecular complexity index is 850. The van der Waals surface area contributed by atoms with E-state index in [1.54, 1.807) is 24.3 Å². The Morgan fingerprint density at radius 3 is 0.980 bits per heavy atom. The van der Waals surface area contributed by atoms with Gasteiger partial charge in [-0.1, -0.05) is 167 Å². The van der Waals surface area contributed by atoms with Crippen LogP contribution in [0.4, 0.5) is 0 Å². The zero-order valence-electron chi connectivity index (χ0n) is 33.5. The van der Waals surface area contributed by atoms with E-state index >= 15 is 0 Å². The van der Waals surface area contributed by atoms with Gasteiger partial charge >= 0.3 is 11.9 Å². The molecular weight excluding hydrogens is 620 g/mol. The van der Waals surface area contributed by atoms with Gasteiger partial charge in [0.1, 0.15) is 0 Å². The van der Waals surface area contributed by atoms with Crippen molar-refractivity contribution in [1.29, 1.82) is 0 Å². The fourth-order valence-corrected chi connectivity index (χ4v) is 6.66. The summed E-state index contributed by atoms with van der Waals surface area (Å²) in [6, 6.07) is 6.84. The van der Waals surface area contributed by atoms with Gasteiger partial charge in [-0.25, -0.2) is 9.59 Å². The summed E-state index contributed by atoms with van der Waals surface area (Å²) in [5.41, 5.74) is 0.567. The summed E-state index contributed by atoms with van der Waals surface area (Å²) < 4.78 is 11.1. The van der Waals surface area contributed by atoms with Crippen LogP contribution in [-0.2, 0) is 9.47 Å². The summed E-state index contributed by atoms with van der Waals surface area (Å²) in [5.74, 6) is -0.911. The van der Waals surface area contributed by atoms with E-state index in [1.165, 1.54) is 154 Å². The molecule has 0 aliphatic heterocycles. The second-order valence-corrected chi connectivity index (χ2v) is 14.9. The van der Waals surface area contributed by atoms with E-state index in [1.807, 2.05) is 0 Å². The summed E-state index contributed by atoms with van der Waals surface area (Å²) >= 11 is 0. The topological polar surface area (TPSA) is 59.1 Å². The van der Waals surface area contributed by atoms with Gasteiger partial charge in [0, 0.05) is 13.1 Å². The standard InChI is InChI=1S/C44H80N2O4/c1-5-7-9-11-13-15-17-19-21-23-25-29-35-45(3)37-31-39-49-43(47)41-33-27-28-34-42(41)44(48)50-40-32-38-46(4)36-30-26-24-22-20-18-16-14-12-10-8-6-2/h27-28,33-34H,5-26,29-32,35-40H2,1-4H3. The molecular formula is C44H80N2O4. The van der Waals surface area contributed by atoms with E-state index in [0.29, 0.717) is 13.2 Å². The third kappa shape index (κ3) is 26.8. The number of unbranched alkanes of at least 4 members (excludes halogenated alkanes) is 22. The molecule has 0 atom stereocenters. The van der Waals surface area contributed by atoms with Crippen LogP contribution in [0.1, 0.15) is 202 Å². The van der Waals surface area contributed by atoms with Crippen LogP contribution in [0.5, 0.6) is 0 Å². The van der Waals surface area contributed by atoms with Crippen LogP contribution in [-0.4, -0.2) is 75.2 Å². The molecule has 0 saturated heterocycles. The molecule has 0 aliphatic carbocycles. The predicted octanol–water partition coefficient (Wildman–Crippen LogP) is 12.0. The molecule has 0 fully saturated rings. The van der Waals surface area contributed by atoms with E-state index in [0.717, 1.165) is 39.0 Å². The fraction of sp³-hybridized carbons (Fsp3) is 0.818. The number of rotatable bonds is 36. The Hall–Kier alpha value is -1.92. The predicted molar refractivity (Wildman–Crippen MR) is 213 cm³/mol. The Balaban J connectivity index is 2.09. The smallest absolute Gasteiger partial charge is 0.339 e. The summed E-state index contributed by atoms with van der Waals surface area (Å²) in [4.78, 5) is 30.3. The van der Waals surface area contributed by atoms with Gasteiger partial charge < -0.3 is 19.3 Å². The maximum absolute atomic E-state index is 12.8. The maximum Gasteiger partial charge on any atom is 0.339 e. The highest BCUT2D eigenvalue weighted by Crippen LogP contribution is 2.15. The molecule has 1 rings (SSSR count). The van der Waals surface area contributed by atoms with Gasteiger partial charge in [-0.2, -0.15) is 0 Å². The molecule has 0 radical (unpaired) electrons. The third-order valence-corrected chi connectivity index (χ3v) is 9.99. The molecule has 0 spiro atoms. The Kier molecular flexibility index (Phi) is 31.5. The molecule has 0 bridgehead atoms. The third-order valence-electron chi connectivity index (χ3n) is 9.99. The minimum atomic E-state index is -0.455. The number of ether oxygens (including phenoxy) is 2. The summed E-state index contributed by atoms with van der Waals surface area (Å²) in [5, 5.41) is 0. The number of hydrogen-bond acceptors (Lipinski definition) is 6. The molecule has 0 unspecified atom stereocenters. The number of hydrogen-bond donors (Lipinski definition) is 0. The Morgan fingerprint density at radius 1 is 0.420 bits per heavy atom. The van der Waals surface area contributed by atoms with E-state index in [4.69, 9.17) is 9.47 Å². The van der Waals surface area contributed by atoms with Crippen LogP contribution in [0.15, 0.2) is 24.3 Å². The number of carbonyl (C=O) groups excluding carboxylic acids is 2. The molecule has 1 aromatic carbocycles. The minimum Gasteiger partial charge on any atom is -0.462 e. The lowest BCUT2D eigenvalue weighted by atomic mass is 10.1. The van der Waals surface area contributed by atoms with Crippen LogP contribution in [0.3, 0.4) is 0 Å². The first-order chi connectivity index (χ1) is 24.5. The quantitative estimate of drug-likeness (QED) is 0.0513. The molecule has 50 heavy (non-hydrogen) atoms. The second-order valence-electron chi connectivity index (χ2n) is 14.9. The van der Waals surface area contributed by atoms with Crippen molar-refractivity contribution in [3.05, 3.63) is 35.4 Å². The van der Waals surface area contributed by atoms with Crippen molar-refractivity contribution in [2.45, 2.75) is 181 Å². The van der Waals surface area contributed by atoms with Gasteiger partial charge in [0.05, 0.1) is 24.3 Å². The van der Waals surface area contributed by atoms with Crippen LogP contribution >= 0.6 is 0 Å². The minimum absolute atomic E-state index is 0.284. The average molecular weight is 701 g/mol. The van der Waals surface area contributed by atoms with E-state index in [-0.39, 0.29) is 11.1 Å². The first-order valence-electron chi connectivity index (χ1n) is 21.3. The molecule has 6 heteroatoms. The SMILES string of the molecule is CCCCCCCCCCCCCCN(C)CCCOC(=O)c1ccccc1C(=O)OCCCN(C)CCCCCCCCCCCCCC. The zero-order valence-corrected chi connectivity index (χ0v) is 33.5. The maximum atomic E-state index is 12.8. The van der Waals surface area contributed by atoms with Crippen molar-refractivity contribution in [2.24, 2.45) is 0 Å². The van der Waals surface area contributed by atoms with Crippen LogP contribution in [0.2, 0.25) is 0 Å². The zero-order chi connectivity index (χ0) is 36.3. The van der Waals surface area contributed by atoms with Crippen molar-refractivity contribution in [3.8, 4) is 0 Å². The highest BCUT2D eigenvalue weighted by atomic mass is 16.5. The van der Waals surface area contributed by atoms with Gasteiger partial charge in [-0.15, -0.1) is 0 Å². The van der Waals surface area contributed by atoms with Crippen LogP contribution < -0.4 is 0 Å².